The molecule has 0 aliphatic carbocycles. The van der Waals surface area contributed by atoms with E-state index in [1.54, 1.807) is 11.0 Å². The summed E-state index contributed by atoms with van der Waals surface area (Å²) in [7, 11) is 0. The van der Waals surface area contributed by atoms with Crippen LogP contribution in [-0.2, 0) is 9.53 Å². The van der Waals surface area contributed by atoms with Crippen LogP contribution >= 0.6 is 0 Å². The van der Waals surface area contributed by atoms with E-state index >= 15 is 0 Å². The first-order valence-electron chi connectivity index (χ1n) is 4.42. The molecule has 76 valence electrons. The Kier molecular flexibility index (Phi) is 7.24. The van der Waals surface area contributed by atoms with Crippen LogP contribution in [0.1, 0.15) is 6.92 Å². The topological polar surface area (TPSA) is 55.6 Å². The summed E-state index contributed by atoms with van der Waals surface area (Å²) in [6.45, 7) is 7.72. The second-order valence-electron chi connectivity index (χ2n) is 2.56. The van der Waals surface area contributed by atoms with Gasteiger partial charge in [0.25, 0.3) is 0 Å². The van der Waals surface area contributed by atoms with Crippen LogP contribution < -0.4 is 5.73 Å². The van der Waals surface area contributed by atoms with Crippen LogP contribution in [0.5, 0.6) is 0 Å². The Morgan fingerprint density at radius 1 is 1.69 bits per heavy atom. The lowest BCUT2D eigenvalue weighted by Gasteiger charge is -2.18. The average molecular weight is 186 g/mol. The number of carbonyl (C=O) groups is 1. The van der Waals surface area contributed by atoms with Crippen molar-refractivity contribution >= 4 is 5.91 Å². The van der Waals surface area contributed by atoms with E-state index in [9.17, 15) is 4.79 Å². The number of likely N-dealkylation sites (N-methyl/N-ethyl adjacent to an activating group) is 1. The normalized spacial score (nSPS) is 9.69. The molecule has 1 amide bonds. The van der Waals surface area contributed by atoms with Crippen molar-refractivity contribution in [2.75, 3.05) is 32.8 Å². The first-order valence-corrected chi connectivity index (χ1v) is 4.42. The van der Waals surface area contributed by atoms with Gasteiger partial charge in [0.05, 0.1) is 6.61 Å². The van der Waals surface area contributed by atoms with E-state index in [1.165, 1.54) is 0 Å². The molecular weight excluding hydrogens is 168 g/mol. The van der Waals surface area contributed by atoms with Crippen molar-refractivity contribution in [1.82, 2.24) is 4.90 Å². The quantitative estimate of drug-likeness (QED) is 0.449. The van der Waals surface area contributed by atoms with Gasteiger partial charge < -0.3 is 15.4 Å². The zero-order valence-electron chi connectivity index (χ0n) is 8.16. The summed E-state index contributed by atoms with van der Waals surface area (Å²) in [5.41, 5.74) is 5.22. The van der Waals surface area contributed by atoms with Crippen LogP contribution in [-0.4, -0.2) is 43.7 Å². The molecule has 4 nitrogen and oxygen atoms in total. The molecule has 0 aliphatic heterocycles. The number of ether oxygens (including phenoxy) is 1. The molecule has 0 heterocycles. The number of nitrogens with zero attached hydrogens (tertiary/aromatic N) is 1. The first kappa shape index (κ1) is 12.1. The second-order valence-corrected chi connectivity index (χ2v) is 2.56. The van der Waals surface area contributed by atoms with E-state index in [4.69, 9.17) is 10.5 Å². The van der Waals surface area contributed by atoms with Crippen molar-refractivity contribution in [3.05, 3.63) is 12.7 Å². The van der Waals surface area contributed by atoms with Gasteiger partial charge in [0.15, 0.2) is 0 Å². The molecule has 0 aromatic rings. The van der Waals surface area contributed by atoms with Gasteiger partial charge in [0.2, 0.25) is 5.91 Å². The molecule has 0 atom stereocenters. The van der Waals surface area contributed by atoms with Crippen LogP contribution in [0.2, 0.25) is 0 Å². The van der Waals surface area contributed by atoms with Crippen molar-refractivity contribution in [3.63, 3.8) is 0 Å². The van der Waals surface area contributed by atoms with Gasteiger partial charge in [-0.1, -0.05) is 6.08 Å². The van der Waals surface area contributed by atoms with E-state index in [0.29, 0.717) is 26.2 Å². The third kappa shape index (κ3) is 5.38. The van der Waals surface area contributed by atoms with Gasteiger partial charge in [-0.3, -0.25) is 4.79 Å². The van der Waals surface area contributed by atoms with E-state index < -0.39 is 0 Å². The molecule has 0 aromatic carbocycles. The highest BCUT2D eigenvalue weighted by Crippen LogP contribution is 1.90. The molecule has 0 saturated carbocycles. The minimum atomic E-state index is -0.0177. The van der Waals surface area contributed by atoms with Crippen LogP contribution in [0, 0.1) is 0 Å². The molecule has 0 saturated heterocycles. The average Bonchev–Trinajstić information content (AvgIpc) is 2.14. The van der Waals surface area contributed by atoms with Crippen LogP contribution in [0.15, 0.2) is 12.7 Å². The lowest BCUT2D eigenvalue weighted by Crippen LogP contribution is -2.34. The van der Waals surface area contributed by atoms with Crippen LogP contribution in [0.25, 0.3) is 0 Å². The van der Waals surface area contributed by atoms with Gasteiger partial charge in [-0.2, -0.15) is 0 Å². The molecule has 0 aromatic heterocycles. The standard InChI is InChI=1S/C9H18N2O2/c1-3-6-11(4-2)9(12)8-13-7-5-10/h3H,1,4-8,10H2,2H3. The summed E-state index contributed by atoms with van der Waals surface area (Å²) in [4.78, 5) is 13.0. The smallest absolute Gasteiger partial charge is 0.248 e. The molecule has 0 spiro atoms. The number of rotatable bonds is 7. The number of hydrogen-bond acceptors (Lipinski definition) is 3. The van der Waals surface area contributed by atoms with E-state index in [2.05, 4.69) is 6.58 Å². The predicted molar refractivity (Wildman–Crippen MR) is 52.3 cm³/mol. The summed E-state index contributed by atoms with van der Waals surface area (Å²) in [6, 6.07) is 0. The lowest BCUT2D eigenvalue weighted by molar-refractivity contribution is -0.135. The van der Waals surface area contributed by atoms with Crippen molar-refractivity contribution < 1.29 is 9.53 Å². The zero-order chi connectivity index (χ0) is 10.1. The molecule has 13 heavy (non-hydrogen) atoms. The molecule has 4 heteroatoms. The Bertz CT molecular complexity index is 160. The van der Waals surface area contributed by atoms with Gasteiger partial charge in [0.1, 0.15) is 6.61 Å². The SMILES string of the molecule is C=CCN(CC)C(=O)COCCN. The Morgan fingerprint density at radius 2 is 2.38 bits per heavy atom. The monoisotopic (exact) mass is 186 g/mol. The lowest BCUT2D eigenvalue weighted by atomic mass is 10.4. The molecule has 0 radical (unpaired) electrons. The molecule has 0 unspecified atom stereocenters. The minimum absolute atomic E-state index is 0.0177. The number of hydrogen-bond donors (Lipinski definition) is 1. The highest BCUT2D eigenvalue weighted by atomic mass is 16.5. The highest BCUT2D eigenvalue weighted by molar-refractivity contribution is 5.77. The zero-order valence-corrected chi connectivity index (χ0v) is 8.16. The molecular formula is C9H18N2O2. The van der Waals surface area contributed by atoms with Crippen molar-refractivity contribution in [1.29, 1.82) is 0 Å². The summed E-state index contributed by atoms with van der Waals surface area (Å²) in [5, 5.41) is 0. The van der Waals surface area contributed by atoms with Crippen LogP contribution in [0.3, 0.4) is 0 Å². The Labute approximate surface area is 79.3 Å². The summed E-state index contributed by atoms with van der Waals surface area (Å²) in [5.74, 6) is -0.0177. The first-order chi connectivity index (χ1) is 6.26. The second kappa shape index (κ2) is 7.76. The number of carbonyl (C=O) groups excluding carboxylic acids is 1. The number of nitrogens with two attached hydrogens (primary N) is 1. The van der Waals surface area contributed by atoms with E-state index in [-0.39, 0.29) is 12.5 Å². The summed E-state index contributed by atoms with van der Waals surface area (Å²) in [6.07, 6.45) is 1.70. The van der Waals surface area contributed by atoms with Crippen LogP contribution in [0.4, 0.5) is 0 Å². The highest BCUT2D eigenvalue weighted by Gasteiger charge is 2.08. The predicted octanol–water partition coefficient (Wildman–Crippen LogP) is -0.00380. The van der Waals surface area contributed by atoms with Gasteiger partial charge >= 0.3 is 0 Å². The maximum atomic E-state index is 11.4. The van der Waals surface area contributed by atoms with E-state index in [0.717, 1.165) is 0 Å². The maximum absolute atomic E-state index is 11.4. The van der Waals surface area contributed by atoms with Crippen molar-refractivity contribution in [3.8, 4) is 0 Å². The molecule has 0 bridgehead atoms. The largest absolute Gasteiger partial charge is 0.370 e. The van der Waals surface area contributed by atoms with Gasteiger partial charge in [-0.15, -0.1) is 6.58 Å². The Balaban J connectivity index is 3.70. The van der Waals surface area contributed by atoms with Gasteiger partial charge in [-0.25, -0.2) is 0 Å². The fourth-order valence-electron chi connectivity index (χ4n) is 0.897. The molecule has 2 N–H and O–H groups in total. The summed E-state index contributed by atoms with van der Waals surface area (Å²) >= 11 is 0. The Morgan fingerprint density at radius 3 is 2.85 bits per heavy atom. The summed E-state index contributed by atoms with van der Waals surface area (Å²) < 4.78 is 5.02. The third-order valence-electron chi connectivity index (χ3n) is 1.57. The fraction of sp³-hybridized carbons (Fsp3) is 0.667. The number of amides is 1. The molecule has 0 rings (SSSR count). The van der Waals surface area contributed by atoms with Gasteiger partial charge in [-0.05, 0) is 6.92 Å². The minimum Gasteiger partial charge on any atom is -0.370 e. The molecule has 0 fully saturated rings. The van der Waals surface area contributed by atoms with E-state index in [1.807, 2.05) is 6.92 Å². The van der Waals surface area contributed by atoms with Crippen molar-refractivity contribution in [2.45, 2.75) is 6.92 Å². The van der Waals surface area contributed by atoms with Crippen molar-refractivity contribution in [2.24, 2.45) is 5.73 Å². The fourth-order valence-corrected chi connectivity index (χ4v) is 0.897. The third-order valence-corrected chi connectivity index (χ3v) is 1.57. The van der Waals surface area contributed by atoms with Gasteiger partial charge in [0, 0.05) is 19.6 Å². The Hall–Kier alpha value is -0.870. The maximum Gasteiger partial charge on any atom is 0.248 e. The molecule has 0 aliphatic rings.